The van der Waals surface area contributed by atoms with Crippen LogP contribution in [0.25, 0.3) is 0 Å². The van der Waals surface area contributed by atoms with Gasteiger partial charge in [-0.3, -0.25) is 0 Å². The Kier molecular flexibility index (Phi) is 5.07. The molecule has 2 aliphatic heterocycles. The van der Waals surface area contributed by atoms with E-state index in [4.69, 9.17) is 11.5 Å². The van der Waals surface area contributed by atoms with Crippen LogP contribution in [-0.4, -0.2) is 65.7 Å². The third-order valence-corrected chi connectivity index (χ3v) is 4.55. The van der Waals surface area contributed by atoms with E-state index in [1.54, 1.807) is 4.90 Å². The van der Waals surface area contributed by atoms with Crippen LogP contribution in [0.4, 0.5) is 4.79 Å². The average Bonchev–Trinajstić information content (AvgIpc) is 2.46. The molecule has 0 radical (unpaired) electrons. The minimum absolute atomic E-state index is 0.00368. The largest absolute Gasteiger partial charge is 0.480 e. The van der Waals surface area contributed by atoms with Crippen LogP contribution in [0.1, 0.15) is 25.7 Å². The number of carboxylic acids is 1. The van der Waals surface area contributed by atoms with Gasteiger partial charge in [0.2, 0.25) is 0 Å². The fourth-order valence-electron chi connectivity index (χ4n) is 3.40. The molecular weight excluding hydrogens is 270 g/mol. The van der Waals surface area contributed by atoms with Crippen LogP contribution in [0.15, 0.2) is 0 Å². The van der Waals surface area contributed by atoms with Crippen LogP contribution in [-0.2, 0) is 4.79 Å². The van der Waals surface area contributed by atoms with Gasteiger partial charge in [0.25, 0.3) is 0 Å². The smallest absolute Gasteiger partial charge is 0.327 e. The summed E-state index contributed by atoms with van der Waals surface area (Å²) in [6.45, 7) is 2.49. The molecule has 0 aliphatic carbocycles. The van der Waals surface area contributed by atoms with Crippen LogP contribution in [0.5, 0.6) is 0 Å². The number of terminal acetylenes is 1. The van der Waals surface area contributed by atoms with Crippen molar-refractivity contribution >= 4 is 12.0 Å². The summed E-state index contributed by atoms with van der Waals surface area (Å²) < 4.78 is 0. The number of piperidine rings is 2. The Morgan fingerprint density at radius 2 is 2.19 bits per heavy atom. The molecular formula is C15H23N3O3. The van der Waals surface area contributed by atoms with Crippen molar-refractivity contribution in [1.29, 1.82) is 0 Å². The van der Waals surface area contributed by atoms with Crippen LogP contribution >= 0.6 is 0 Å². The number of rotatable bonds is 3. The van der Waals surface area contributed by atoms with E-state index >= 15 is 0 Å². The summed E-state index contributed by atoms with van der Waals surface area (Å²) in [6.07, 6.45) is 8.38. The van der Waals surface area contributed by atoms with Crippen molar-refractivity contribution in [2.24, 2.45) is 5.92 Å². The molecule has 2 saturated heterocycles. The Labute approximate surface area is 125 Å². The number of amides is 2. The van der Waals surface area contributed by atoms with E-state index in [9.17, 15) is 9.59 Å². The summed E-state index contributed by atoms with van der Waals surface area (Å²) in [4.78, 5) is 27.4. The highest BCUT2D eigenvalue weighted by atomic mass is 16.4. The zero-order valence-corrected chi connectivity index (χ0v) is 12.4. The van der Waals surface area contributed by atoms with Gasteiger partial charge in [-0.2, -0.15) is 0 Å². The van der Waals surface area contributed by atoms with Gasteiger partial charge in [-0.25, -0.2) is 9.59 Å². The van der Waals surface area contributed by atoms with Crippen LogP contribution < -0.4 is 5.32 Å². The molecule has 0 aromatic heterocycles. The maximum atomic E-state index is 12.2. The standard InChI is InChI=1S/C15H23N3O3/c1-3-5-12(14(19)20)16-15(21)18-9-7-13-11(10-18)6-4-8-17(13)2/h1,11-13H,4-10H2,2H3,(H,16,21)(H,19,20). The SMILES string of the molecule is C#CCC(NC(=O)N1CCC2C(CCCN2C)C1)C(=O)O. The predicted octanol–water partition coefficient (Wildman–Crippen LogP) is 0.589. The van der Waals surface area contributed by atoms with Gasteiger partial charge < -0.3 is 20.2 Å². The van der Waals surface area contributed by atoms with Crippen molar-refractivity contribution in [2.45, 2.75) is 37.8 Å². The van der Waals surface area contributed by atoms with Gasteiger partial charge in [0.1, 0.15) is 6.04 Å². The summed E-state index contributed by atoms with van der Waals surface area (Å²) in [5, 5.41) is 11.6. The van der Waals surface area contributed by atoms with E-state index in [1.165, 1.54) is 0 Å². The van der Waals surface area contributed by atoms with Gasteiger partial charge in [0.05, 0.1) is 0 Å². The van der Waals surface area contributed by atoms with Crippen molar-refractivity contribution in [1.82, 2.24) is 15.1 Å². The molecule has 0 spiro atoms. The van der Waals surface area contributed by atoms with Gasteiger partial charge >= 0.3 is 12.0 Å². The first kappa shape index (κ1) is 15.6. The number of fused-ring (bicyclic) bond motifs is 1. The molecule has 2 aliphatic rings. The van der Waals surface area contributed by atoms with Crippen molar-refractivity contribution in [3.63, 3.8) is 0 Å². The van der Waals surface area contributed by atoms with Crippen LogP contribution in [0.3, 0.4) is 0 Å². The molecule has 21 heavy (non-hydrogen) atoms. The number of nitrogens with one attached hydrogen (secondary N) is 1. The van der Waals surface area contributed by atoms with Gasteiger partial charge in [-0.15, -0.1) is 12.3 Å². The Balaban J connectivity index is 1.92. The van der Waals surface area contributed by atoms with Crippen LogP contribution in [0.2, 0.25) is 0 Å². The highest BCUT2D eigenvalue weighted by Crippen LogP contribution is 2.29. The minimum Gasteiger partial charge on any atom is -0.480 e. The molecule has 2 N–H and O–H groups in total. The van der Waals surface area contributed by atoms with Gasteiger partial charge in [0, 0.05) is 25.6 Å². The van der Waals surface area contributed by atoms with Gasteiger partial charge in [-0.1, -0.05) is 0 Å². The monoisotopic (exact) mass is 293 g/mol. The van der Waals surface area contributed by atoms with Crippen molar-refractivity contribution < 1.29 is 14.7 Å². The number of hydrogen-bond acceptors (Lipinski definition) is 3. The molecule has 2 fully saturated rings. The number of nitrogens with zero attached hydrogens (tertiary/aromatic N) is 2. The zero-order chi connectivity index (χ0) is 15.4. The molecule has 2 rings (SSSR count). The first-order valence-corrected chi connectivity index (χ1v) is 7.45. The lowest BCUT2D eigenvalue weighted by Gasteiger charge is -2.45. The molecule has 3 atom stereocenters. The predicted molar refractivity (Wildman–Crippen MR) is 78.7 cm³/mol. The van der Waals surface area contributed by atoms with Crippen LogP contribution in [0, 0.1) is 18.3 Å². The molecule has 0 bridgehead atoms. The number of carbonyl (C=O) groups excluding carboxylic acids is 1. The number of carboxylic acid groups (broad SMARTS) is 1. The number of aliphatic carboxylic acids is 1. The zero-order valence-electron chi connectivity index (χ0n) is 12.4. The lowest BCUT2D eigenvalue weighted by molar-refractivity contribution is -0.139. The molecule has 2 amide bonds. The number of urea groups is 1. The van der Waals surface area contributed by atoms with E-state index in [1.807, 2.05) is 0 Å². The molecule has 0 aromatic carbocycles. The lowest BCUT2D eigenvalue weighted by atomic mass is 9.84. The van der Waals surface area contributed by atoms with E-state index in [0.29, 0.717) is 25.0 Å². The average molecular weight is 293 g/mol. The number of likely N-dealkylation sites (tertiary alicyclic amines) is 2. The quantitative estimate of drug-likeness (QED) is 0.747. The molecule has 116 valence electrons. The summed E-state index contributed by atoms with van der Waals surface area (Å²) >= 11 is 0. The van der Waals surface area contributed by atoms with Crippen molar-refractivity contribution in [3.05, 3.63) is 0 Å². The molecule has 2 heterocycles. The normalized spacial score (nSPS) is 27.3. The third-order valence-electron chi connectivity index (χ3n) is 4.55. The third kappa shape index (κ3) is 3.67. The number of hydrogen-bond donors (Lipinski definition) is 2. The minimum atomic E-state index is -1.09. The molecule has 0 saturated carbocycles. The Morgan fingerprint density at radius 3 is 2.86 bits per heavy atom. The summed E-state index contributed by atoms with van der Waals surface area (Å²) in [5.41, 5.74) is 0. The maximum absolute atomic E-state index is 12.2. The number of carbonyl (C=O) groups is 2. The second kappa shape index (κ2) is 6.81. The van der Waals surface area contributed by atoms with Crippen molar-refractivity contribution in [3.8, 4) is 12.3 Å². The first-order valence-electron chi connectivity index (χ1n) is 7.45. The summed E-state index contributed by atoms with van der Waals surface area (Å²) in [7, 11) is 2.14. The van der Waals surface area contributed by atoms with Gasteiger partial charge in [-0.05, 0) is 38.8 Å². The molecule has 0 aromatic rings. The summed E-state index contributed by atoms with van der Waals surface area (Å²) in [6, 6.07) is -0.776. The molecule has 6 heteroatoms. The van der Waals surface area contributed by atoms with E-state index in [0.717, 1.165) is 25.8 Å². The van der Waals surface area contributed by atoms with E-state index in [-0.39, 0.29) is 12.5 Å². The van der Waals surface area contributed by atoms with E-state index in [2.05, 4.69) is 23.2 Å². The Morgan fingerprint density at radius 1 is 1.43 bits per heavy atom. The van der Waals surface area contributed by atoms with Crippen molar-refractivity contribution in [2.75, 3.05) is 26.7 Å². The highest BCUT2D eigenvalue weighted by molar-refractivity contribution is 5.82. The highest BCUT2D eigenvalue weighted by Gasteiger charge is 2.36. The first-order chi connectivity index (χ1) is 10.0. The lowest BCUT2D eigenvalue weighted by Crippen LogP contribution is -2.57. The fraction of sp³-hybridized carbons (Fsp3) is 0.733. The Bertz CT molecular complexity index is 446. The van der Waals surface area contributed by atoms with E-state index < -0.39 is 12.0 Å². The summed E-state index contributed by atoms with van der Waals surface area (Å²) in [5.74, 6) is 1.68. The Hall–Kier alpha value is -1.74. The second-order valence-corrected chi connectivity index (χ2v) is 5.93. The molecule has 3 unspecified atom stereocenters. The van der Waals surface area contributed by atoms with Gasteiger partial charge in [0.15, 0.2) is 0 Å². The molecule has 6 nitrogen and oxygen atoms in total. The topological polar surface area (TPSA) is 72.9 Å². The second-order valence-electron chi connectivity index (χ2n) is 5.93. The maximum Gasteiger partial charge on any atom is 0.327 e. The fourth-order valence-corrected chi connectivity index (χ4v) is 3.40.